The summed E-state index contributed by atoms with van der Waals surface area (Å²) in [6, 6.07) is 15.0. The predicted octanol–water partition coefficient (Wildman–Crippen LogP) is 2.44. The molecule has 1 saturated heterocycles. The molecule has 1 fully saturated rings. The van der Waals surface area contributed by atoms with Crippen molar-refractivity contribution in [2.45, 2.75) is 36.7 Å². The molecule has 4 rings (SSSR count). The van der Waals surface area contributed by atoms with E-state index in [2.05, 4.69) is 4.72 Å². The topological polar surface area (TPSA) is 75.7 Å². The number of benzene rings is 2. The fourth-order valence-electron chi connectivity index (χ4n) is 3.97. The molecule has 2 aliphatic rings. The molecular weight excluding hydrogens is 388 g/mol. The van der Waals surface area contributed by atoms with Crippen LogP contribution in [-0.2, 0) is 32.4 Å². The summed E-state index contributed by atoms with van der Waals surface area (Å²) in [4.78, 5) is 14.5. The van der Waals surface area contributed by atoms with E-state index in [9.17, 15) is 13.2 Å². The maximum Gasteiger partial charge on any atom is 0.241 e. The van der Waals surface area contributed by atoms with Crippen LogP contribution in [0.15, 0.2) is 53.4 Å². The van der Waals surface area contributed by atoms with Gasteiger partial charge in [-0.2, -0.15) is 0 Å². The number of fused-ring (bicyclic) bond motifs is 1. The lowest BCUT2D eigenvalue weighted by Gasteiger charge is -2.33. The molecule has 1 aliphatic carbocycles. The van der Waals surface area contributed by atoms with Gasteiger partial charge in [0.05, 0.1) is 24.6 Å². The Bertz CT molecular complexity index is 976. The van der Waals surface area contributed by atoms with Crippen molar-refractivity contribution in [3.8, 4) is 0 Å². The second kappa shape index (κ2) is 8.65. The minimum absolute atomic E-state index is 0.189. The Morgan fingerprint density at radius 1 is 1.07 bits per heavy atom. The Kier molecular flexibility index (Phi) is 5.99. The first kappa shape index (κ1) is 20.1. The van der Waals surface area contributed by atoms with Crippen molar-refractivity contribution < 1.29 is 17.9 Å². The van der Waals surface area contributed by atoms with Gasteiger partial charge in [0.1, 0.15) is 6.10 Å². The summed E-state index contributed by atoms with van der Waals surface area (Å²) in [7, 11) is -3.72. The van der Waals surface area contributed by atoms with Crippen LogP contribution in [0.3, 0.4) is 0 Å². The Hall–Kier alpha value is -2.22. The first-order valence-corrected chi connectivity index (χ1v) is 11.6. The smallest absolute Gasteiger partial charge is 0.241 e. The van der Waals surface area contributed by atoms with Crippen LogP contribution in [-0.4, -0.2) is 45.5 Å². The van der Waals surface area contributed by atoms with Gasteiger partial charge in [0.15, 0.2) is 0 Å². The van der Waals surface area contributed by atoms with Gasteiger partial charge in [-0.1, -0.05) is 36.4 Å². The van der Waals surface area contributed by atoms with E-state index >= 15 is 0 Å². The van der Waals surface area contributed by atoms with Crippen LogP contribution in [0.25, 0.3) is 0 Å². The number of carbonyl (C=O) groups is 1. The number of hydrogen-bond donors (Lipinski definition) is 1. The summed E-state index contributed by atoms with van der Waals surface area (Å²) in [5, 5.41) is 0. The third kappa shape index (κ3) is 4.69. The SMILES string of the molecule is O=C(CNS(=O)(=O)c1ccc2c(c1)CCCC2)N1CCOC(c2ccccc2)C1. The Labute approximate surface area is 171 Å². The number of nitrogens with zero attached hydrogens (tertiary/aromatic N) is 1. The van der Waals surface area contributed by atoms with E-state index in [0.29, 0.717) is 19.7 Å². The van der Waals surface area contributed by atoms with E-state index in [1.54, 1.807) is 17.0 Å². The molecule has 0 aromatic heterocycles. The van der Waals surface area contributed by atoms with E-state index in [0.717, 1.165) is 36.8 Å². The van der Waals surface area contributed by atoms with E-state index in [-0.39, 0.29) is 23.5 Å². The van der Waals surface area contributed by atoms with Crippen LogP contribution in [0.4, 0.5) is 0 Å². The summed E-state index contributed by atoms with van der Waals surface area (Å²) in [6.45, 7) is 1.07. The molecule has 1 atom stereocenters. The first-order chi connectivity index (χ1) is 14.0. The molecule has 1 heterocycles. The van der Waals surface area contributed by atoms with Crippen molar-refractivity contribution in [1.29, 1.82) is 0 Å². The lowest BCUT2D eigenvalue weighted by Crippen LogP contribution is -2.46. The third-order valence-electron chi connectivity index (χ3n) is 5.63. The Morgan fingerprint density at radius 3 is 2.62 bits per heavy atom. The molecule has 0 saturated carbocycles. The zero-order valence-electron chi connectivity index (χ0n) is 16.3. The van der Waals surface area contributed by atoms with E-state index in [1.165, 1.54) is 5.56 Å². The highest BCUT2D eigenvalue weighted by atomic mass is 32.2. The molecule has 1 amide bonds. The predicted molar refractivity (Wildman–Crippen MR) is 110 cm³/mol. The number of nitrogens with one attached hydrogen (secondary N) is 1. The Balaban J connectivity index is 1.38. The molecule has 154 valence electrons. The van der Waals surface area contributed by atoms with Crippen molar-refractivity contribution in [2.75, 3.05) is 26.2 Å². The zero-order valence-corrected chi connectivity index (χ0v) is 17.2. The monoisotopic (exact) mass is 414 g/mol. The van der Waals surface area contributed by atoms with E-state index in [1.807, 2.05) is 36.4 Å². The van der Waals surface area contributed by atoms with Gasteiger partial charge < -0.3 is 9.64 Å². The number of hydrogen-bond acceptors (Lipinski definition) is 4. The van der Waals surface area contributed by atoms with Gasteiger partial charge in [0.25, 0.3) is 0 Å². The summed E-state index contributed by atoms with van der Waals surface area (Å²) < 4.78 is 33.6. The van der Waals surface area contributed by atoms with Gasteiger partial charge in [-0.25, -0.2) is 13.1 Å². The quantitative estimate of drug-likeness (QED) is 0.815. The highest BCUT2D eigenvalue weighted by Crippen LogP contribution is 2.24. The van der Waals surface area contributed by atoms with Crippen molar-refractivity contribution in [3.63, 3.8) is 0 Å². The largest absolute Gasteiger partial charge is 0.370 e. The van der Waals surface area contributed by atoms with Gasteiger partial charge in [0, 0.05) is 6.54 Å². The van der Waals surface area contributed by atoms with Crippen LogP contribution in [0.1, 0.15) is 35.6 Å². The summed E-state index contributed by atoms with van der Waals surface area (Å²) in [5.74, 6) is -0.240. The molecule has 0 spiro atoms. The fraction of sp³-hybridized carbons (Fsp3) is 0.409. The van der Waals surface area contributed by atoms with Crippen molar-refractivity contribution in [1.82, 2.24) is 9.62 Å². The molecule has 2 aromatic rings. The first-order valence-electron chi connectivity index (χ1n) is 10.1. The summed E-state index contributed by atoms with van der Waals surface area (Å²) >= 11 is 0. The molecule has 1 unspecified atom stereocenters. The van der Waals surface area contributed by atoms with Gasteiger partial charge in [-0.3, -0.25) is 4.79 Å². The number of morpholine rings is 1. The standard InChI is InChI=1S/C22H26N2O4S/c25-22(24-12-13-28-21(16-24)18-7-2-1-3-8-18)15-23-29(26,27)20-11-10-17-6-4-5-9-19(17)14-20/h1-3,7-8,10-11,14,21,23H,4-6,9,12-13,15-16H2. The second-order valence-electron chi connectivity index (χ2n) is 7.57. The lowest BCUT2D eigenvalue weighted by molar-refractivity contribution is -0.137. The number of aryl methyl sites for hydroxylation is 2. The van der Waals surface area contributed by atoms with Gasteiger partial charge in [0.2, 0.25) is 15.9 Å². The molecule has 7 heteroatoms. The zero-order chi connectivity index (χ0) is 20.3. The number of ether oxygens (including phenoxy) is 1. The molecule has 0 radical (unpaired) electrons. The van der Waals surface area contributed by atoms with E-state index in [4.69, 9.17) is 4.74 Å². The molecule has 1 N–H and O–H groups in total. The highest BCUT2D eigenvalue weighted by Gasteiger charge is 2.26. The van der Waals surface area contributed by atoms with Crippen LogP contribution >= 0.6 is 0 Å². The van der Waals surface area contributed by atoms with Crippen LogP contribution < -0.4 is 4.72 Å². The molecule has 1 aliphatic heterocycles. The maximum atomic E-state index is 12.7. The summed E-state index contributed by atoms with van der Waals surface area (Å²) in [6.07, 6.45) is 3.95. The van der Waals surface area contributed by atoms with Crippen molar-refractivity contribution >= 4 is 15.9 Å². The van der Waals surface area contributed by atoms with Crippen molar-refractivity contribution in [3.05, 3.63) is 65.2 Å². The normalized spacial score (nSPS) is 19.6. The molecule has 29 heavy (non-hydrogen) atoms. The number of rotatable bonds is 5. The fourth-order valence-corrected chi connectivity index (χ4v) is 5.00. The summed E-state index contributed by atoms with van der Waals surface area (Å²) in [5.41, 5.74) is 3.34. The molecular formula is C22H26N2O4S. The van der Waals surface area contributed by atoms with Crippen molar-refractivity contribution in [2.24, 2.45) is 0 Å². The van der Waals surface area contributed by atoms with Gasteiger partial charge >= 0.3 is 0 Å². The third-order valence-corrected chi connectivity index (χ3v) is 7.03. The van der Waals surface area contributed by atoms with Crippen LogP contribution in [0.5, 0.6) is 0 Å². The van der Waals surface area contributed by atoms with Crippen LogP contribution in [0, 0.1) is 0 Å². The molecule has 6 nitrogen and oxygen atoms in total. The molecule has 0 bridgehead atoms. The number of carbonyl (C=O) groups excluding carboxylic acids is 1. The molecule has 2 aromatic carbocycles. The minimum atomic E-state index is -3.72. The number of amides is 1. The second-order valence-corrected chi connectivity index (χ2v) is 9.34. The average Bonchev–Trinajstić information content (AvgIpc) is 2.78. The average molecular weight is 415 g/mol. The van der Waals surface area contributed by atoms with Gasteiger partial charge in [-0.15, -0.1) is 0 Å². The van der Waals surface area contributed by atoms with Gasteiger partial charge in [-0.05, 0) is 54.5 Å². The van der Waals surface area contributed by atoms with Crippen LogP contribution in [0.2, 0.25) is 0 Å². The highest BCUT2D eigenvalue weighted by molar-refractivity contribution is 7.89. The van der Waals surface area contributed by atoms with E-state index < -0.39 is 10.0 Å². The minimum Gasteiger partial charge on any atom is -0.370 e. The number of sulfonamides is 1. The maximum absolute atomic E-state index is 12.7. The Morgan fingerprint density at radius 2 is 1.83 bits per heavy atom. The lowest BCUT2D eigenvalue weighted by atomic mass is 9.92.